The van der Waals surface area contributed by atoms with Crippen LogP contribution in [0.3, 0.4) is 0 Å². The third kappa shape index (κ3) is 2.89. The van der Waals surface area contributed by atoms with Crippen molar-refractivity contribution < 1.29 is 4.74 Å². The van der Waals surface area contributed by atoms with E-state index in [1.54, 1.807) is 0 Å². The first-order valence-electron chi connectivity index (χ1n) is 6.16. The van der Waals surface area contributed by atoms with E-state index in [4.69, 9.17) is 4.74 Å². The molecular weight excluding hydrogens is 206 g/mol. The number of hydrogen-bond donors (Lipinski definition) is 1. The van der Waals surface area contributed by atoms with Crippen LogP contribution in [0.4, 0.5) is 0 Å². The maximum atomic E-state index is 5.28. The van der Waals surface area contributed by atoms with Crippen molar-refractivity contribution in [2.45, 2.75) is 44.4 Å². The maximum absolute atomic E-state index is 5.28. The predicted molar refractivity (Wildman–Crippen MR) is 66.5 cm³/mol. The Morgan fingerprint density at radius 3 is 2.80 bits per heavy atom. The van der Waals surface area contributed by atoms with Gasteiger partial charge in [-0.1, -0.05) is 20.3 Å². The van der Waals surface area contributed by atoms with Gasteiger partial charge in [-0.3, -0.25) is 0 Å². The number of thioether (sulfide) groups is 1. The minimum absolute atomic E-state index is 0.421. The average molecular weight is 229 g/mol. The van der Waals surface area contributed by atoms with Crippen LogP contribution in [0.2, 0.25) is 0 Å². The second kappa shape index (κ2) is 5.07. The highest BCUT2D eigenvalue weighted by atomic mass is 32.2. The summed E-state index contributed by atoms with van der Waals surface area (Å²) in [6.45, 7) is 7.61. The second-order valence-corrected chi connectivity index (χ2v) is 6.73. The van der Waals surface area contributed by atoms with Crippen molar-refractivity contribution in [3.63, 3.8) is 0 Å². The summed E-state index contributed by atoms with van der Waals surface area (Å²) in [6.07, 6.45) is 4.18. The Labute approximate surface area is 97.5 Å². The molecule has 3 heteroatoms. The fourth-order valence-electron chi connectivity index (χ4n) is 2.50. The van der Waals surface area contributed by atoms with Crippen molar-refractivity contribution in [1.29, 1.82) is 0 Å². The average Bonchev–Trinajstić information content (AvgIpc) is 2.60. The lowest BCUT2D eigenvalue weighted by atomic mass is 9.88. The molecule has 2 nitrogen and oxygen atoms in total. The first-order chi connectivity index (χ1) is 7.23. The number of rotatable bonds is 5. The quantitative estimate of drug-likeness (QED) is 0.781. The molecule has 0 aromatic rings. The maximum Gasteiger partial charge on any atom is 0.0554 e. The van der Waals surface area contributed by atoms with E-state index in [-0.39, 0.29) is 0 Å². The molecule has 2 unspecified atom stereocenters. The van der Waals surface area contributed by atoms with E-state index in [1.807, 2.05) is 0 Å². The van der Waals surface area contributed by atoms with Crippen LogP contribution in [0.1, 0.15) is 33.1 Å². The zero-order valence-corrected chi connectivity index (χ0v) is 10.7. The van der Waals surface area contributed by atoms with Gasteiger partial charge < -0.3 is 10.1 Å². The summed E-state index contributed by atoms with van der Waals surface area (Å²) in [6, 6.07) is 0.757. The number of nitrogens with one attached hydrogen (secondary N) is 1. The van der Waals surface area contributed by atoms with Crippen molar-refractivity contribution in [3.8, 4) is 0 Å². The minimum atomic E-state index is 0.421. The molecule has 1 saturated carbocycles. The van der Waals surface area contributed by atoms with Gasteiger partial charge in [-0.05, 0) is 18.6 Å². The standard InChI is InChI=1S/C12H23NOS/c1-3-15-11-6-4-5-10(11)13-7-12(2)8-14-9-12/h10-11,13H,3-9H2,1-2H3. The van der Waals surface area contributed by atoms with Gasteiger partial charge in [0.1, 0.15) is 0 Å². The first-order valence-corrected chi connectivity index (χ1v) is 7.21. The molecule has 0 aromatic heterocycles. The number of ether oxygens (including phenoxy) is 1. The second-order valence-electron chi connectivity index (χ2n) is 5.22. The molecule has 1 saturated heterocycles. The first kappa shape index (κ1) is 11.7. The summed E-state index contributed by atoms with van der Waals surface area (Å²) in [5, 5.41) is 4.62. The van der Waals surface area contributed by atoms with E-state index in [0.29, 0.717) is 5.41 Å². The van der Waals surface area contributed by atoms with Crippen LogP contribution < -0.4 is 5.32 Å². The lowest BCUT2D eigenvalue weighted by Gasteiger charge is -2.39. The summed E-state index contributed by atoms with van der Waals surface area (Å²) in [4.78, 5) is 0. The Morgan fingerprint density at radius 2 is 2.20 bits per heavy atom. The molecule has 2 rings (SSSR count). The molecule has 2 fully saturated rings. The van der Waals surface area contributed by atoms with Crippen molar-refractivity contribution >= 4 is 11.8 Å². The summed E-state index contributed by atoms with van der Waals surface area (Å²) < 4.78 is 5.28. The van der Waals surface area contributed by atoms with Crippen molar-refractivity contribution in [2.24, 2.45) is 5.41 Å². The van der Waals surface area contributed by atoms with E-state index in [9.17, 15) is 0 Å². The topological polar surface area (TPSA) is 21.3 Å². The lowest BCUT2D eigenvalue weighted by molar-refractivity contribution is -0.0999. The van der Waals surface area contributed by atoms with E-state index in [1.165, 1.54) is 25.0 Å². The van der Waals surface area contributed by atoms with Gasteiger partial charge in [-0.2, -0.15) is 11.8 Å². The van der Waals surface area contributed by atoms with Gasteiger partial charge in [0.15, 0.2) is 0 Å². The highest BCUT2D eigenvalue weighted by Crippen LogP contribution is 2.31. The molecule has 0 bridgehead atoms. The molecule has 2 aliphatic rings. The molecule has 15 heavy (non-hydrogen) atoms. The predicted octanol–water partition coefficient (Wildman–Crippen LogP) is 2.29. The Balaban J connectivity index is 1.73. The Kier molecular flexibility index (Phi) is 3.97. The van der Waals surface area contributed by atoms with E-state index < -0.39 is 0 Å². The van der Waals surface area contributed by atoms with E-state index in [2.05, 4.69) is 30.9 Å². The van der Waals surface area contributed by atoms with Crippen molar-refractivity contribution in [2.75, 3.05) is 25.5 Å². The van der Waals surface area contributed by atoms with Crippen LogP contribution in [0.25, 0.3) is 0 Å². The van der Waals surface area contributed by atoms with Crippen molar-refractivity contribution in [3.05, 3.63) is 0 Å². The third-order valence-corrected chi connectivity index (χ3v) is 4.85. The molecule has 0 spiro atoms. The van der Waals surface area contributed by atoms with Gasteiger partial charge >= 0.3 is 0 Å². The third-order valence-electron chi connectivity index (χ3n) is 3.53. The number of hydrogen-bond acceptors (Lipinski definition) is 3. The normalized spacial score (nSPS) is 34.0. The fourth-order valence-corrected chi connectivity index (χ4v) is 3.73. The van der Waals surface area contributed by atoms with Crippen LogP contribution in [0, 0.1) is 5.41 Å². The van der Waals surface area contributed by atoms with Crippen LogP contribution in [-0.4, -0.2) is 36.8 Å². The zero-order valence-electron chi connectivity index (χ0n) is 9.92. The molecule has 88 valence electrons. The highest BCUT2D eigenvalue weighted by molar-refractivity contribution is 7.99. The molecule has 0 aromatic carbocycles. The van der Waals surface area contributed by atoms with Gasteiger partial charge in [-0.15, -0.1) is 0 Å². The molecule has 1 aliphatic heterocycles. The molecule has 2 atom stereocenters. The van der Waals surface area contributed by atoms with Gasteiger partial charge in [-0.25, -0.2) is 0 Å². The lowest BCUT2D eigenvalue weighted by Crippen LogP contribution is -2.50. The van der Waals surface area contributed by atoms with Crippen LogP contribution in [0.5, 0.6) is 0 Å². The summed E-state index contributed by atoms with van der Waals surface area (Å²) in [5.74, 6) is 1.25. The molecular formula is C12H23NOS. The summed E-state index contributed by atoms with van der Waals surface area (Å²) >= 11 is 2.13. The molecule has 0 radical (unpaired) electrons. The fraction of sp³-hybridized carbons (Fsp3) is 1.00. The Bertz CT molecular complexity index is 206. The summed E-state index contributed by atoms with van der Waals surface area (Å²) in [5.41, 5.74) is 0.421. The smallest absolute Gasteiger partial charge is 0.0554 e. The van der Waals surface area contributed by atoms with Crippen LogP contribution >= 0.6 is 11.8 Å². The van der Waals surface area contributed by atoms with Crippen LogP contribution in [0.15, 0.2) is 0 Å². The Hall–Kier alpha value is 0.270. The van der Waals surface area contributed by atoms with Gasteiger partial charge in [0.2, 0.25) is 0 Å². The summed E-state index contributed by atoms with van der Waals surface area (Å²) in [7, 11) is 0. The van der Waals surface area contributed by atoms with Crippen LogP contribution in [-0.2, 0) is 4.74 Å². The highest BCUT2D eigenvalue weighted by Gasteiger charge is 2.35. The van der Waals surface area contributed by atoms with Gasteiger partial charge in [0.25, 0.3) is 0 Å². The zero-order chi connectivity index (χ0) is 10.7. The van der Waals surface area contributed by atoms with E-state index >= 15 is 0 Å². The van der Waals surface area contributed by atoms with Gasteiger partial charge in [0.05, 0.1) is 13.2 Å². The van der Waals surface area contributed by atoms with E-state index in [0.717, 1.165) is 31.1 Å². The monoisotopic (exact) mass is 229 g/mol. The Morgan fingerprint density at radius 1 is 1.40 bits per heavy atom. The molecule has 0 amide bonds. The SMILES string of the molecule is CCSC1CCCC1NCC1(C)COC1. The molecule has 1 N–H and O–H groups in total. The van der Waals surface area contributed by atoms with Gasteiger partial charge in [0, 0.05) is 23.3 Å². The largest absolute Gasteiger partial charge is 0.380 e. The molecule has 1 aliphatic carbocycles. The minimum Gasteiger partial charge on any atom is -0.380 e. The van der Waals surface area contributed by atoms with Crippen molar-refractivity contribution in [1.82, 2.24) is 5.32 Å². The molecule has 1 heterocycles.